The summed E-state index contributed by atoms with van der Waals surface area (Å²) >= 11 is 0. The van der Waals surface area contributed by atoms with E-state index in [1.54, 1.807) is 0 Å². The molecule has 0 amide bonds. The average Bonchev–Trinajstić information content (AvgIpc) is 3.10. The minimum absolute atomic E-state index is 0.0717. The van der Waals surface area contributed by atoms with Crippen molar-refractivity contribution in [3.05, 3.63) is 60.7 Å². The van der Waals surface area contributed by atoms with Crippen LogP contribution < -0.4 is 10.6 Å². The first kappa shape index (κ1) is 17.5. The van der Waals surface area contributed by atoms with E-state index in [-0.39, 0.29) is 18.6 Å². The largest absolute Gasteiger partial charge is 0.357 e. The van der Waals surface area contributed by atoms with Gasteiger partial charge in [-0.25, -0.2) is 0 Å². The average molecular weight is 362 g/mol. The van der Waals surface area contributed by atoms with Crippen LogP contribution in [0.3, 0.4) is 0 Å². The fraction of sp³-hybridized carbons (Fsp3) is 0.238. The van der Waals surface area contributed by atoms with Crippen molar-refractivity contribution in [1.82, 2.24) is 15.1 Å². The van der Waals surface area contributed by atoms with E-state index >= 15 is 0 Å². The third kappa shape index (κ3) is 3.49. The fourth-order valence-electron chi connectivity index (χ4n) is 3.26. The zero-order valence-electron chi connectivity index (χ0n) is 15.2. The molecular formula is C21H22N4O2. The summed E-state index contributed by atoms with van der Waals surface area (Å²) in [6.45, 7) is 1.26. The standard InChI is InChI=1S/C21H22N4O2/c1-22-12-13-27-17-14-18(26)25-21(23-17)19(15-8-4-2-5-9-15)20(24-25)16-10-6-3-7-11-16/h2-11,17,22-23H,12-14H2,1H3. The Hall–Kier alpha value is -2.96. The highest BCUT2D eigenvalue weighted by atomic mass is 16.5. The number of fused-ring (bicyclic) bond motifs is 1. The van der Waals surface area contributed by atoms with Gasteiger partial charge in [0.2, 0.25) is 0 Å². The zero-order chi connectivity index (χ0) is 18.6. The van der Waals surface area contributed by atoms with Gasteiger partial charge in [-0.3, -0.25) is 4.79 Å². The number of rotatable bonds is 6. The van der Waals surface area contributed by atoms with Gasteiger partial charge < -0.3 is 15.4 Å². The molecule has 4 rings (SSSR count). The van der Waals surface area contributed by atoms with Crippen LogP contribution in [0.2, 0.25) is 0 Å². The Morgan fingerprint density at radius 3 is 2.44 bits per heavy atom. The SMILES string of the molecule is CNCCOC1CC(=O)n2nc(-c3ccccc3)c(-c3ccccc3)c2N1. The second-order valence-electron chi connectivity index (χ2n) is 6.42. The lowest BCUT2D eigenvalue weighted by molar-refractivity contribution is 0.0501. The molecule has 1 aromatic heterocycles. The van der Waals surface area contributed by atoms with E-state index in [2.05, 4.69) is 15.7 Å². The third-order valence-corrected chi connectivity index (χ3v) is 4.56. The van der Waals surface area contributed by atoms with Gasteiger partial charge in [-0.2, -0.15) is 9.78 Å². The topological polar surface area (TPSA) is 68.2 Å². The number of benzene rings is 2. The van der Waals surface area contributed by atoms with Crippen LogP contribution >= 0.6 is 0 Å². The lowest BCUT2D eigenvalue weighted by atomic mass is 10.0. The molecule has 1 unspecified atom stereocenters. The molecule has 2 N–H and O–H groups in total. The van der Waals surface area contributed by atoms with Gasteiger partial charge in [-0.15, -0.1) is 0 Å². The maximum Gasteiger partial charge on any atom is 0.253 e. The van der Waals surface area contributed by atoms with E-state index in [4.69, 9.17) is 4.74 Å². The number of nitrogens with zero attached hydrogens (tertiary/aromatic N) is 2. The van der Waals surface area contributed by atoms with Crippen LogP contribution in [-0.4, -0.2) is 42.1 Å². The van der Waals surface area contributed by atoms with Gasteiger partial charge in [0.1, 0.15) is 17.7 Å². The molecule has 1 aliphatic heterocycles. The summed E-state index contributed by atoms with van der Waals surface area (Å²) in [6, 6.07) is 19.9. The normalized spacial score (nSPS) is 16.0. The molecule has 2 heterocycles. The van der Waals surface area contributed by atoms with Crippen LogP contribution in [0.25, 0.3) is 22.4 Å². The van der Waals surface area contributed by atoms with E-state index in [0.717, 1.165) is 28.9 Å². The highest BCUT2D eigenvalue weighted by Gasteiger charge is 2.31. The first-order valence-electron chi connectivity index (χ1n) is 9.07. The molecule has 0 radical (unpaired) electrons. The van der Waals surface area contributed by atoms with E-state index in [1.165, 1.54) is 4.68 Å². The quantitative estimate of drug-likeness (QED) is 0.659. The number of anilines is 1. The number of ether oxygens (including phenoxy) is 1. The molecule has 138 valence electrons. The first-order valence-corrected chi connectivity index (χ1v) is 9.07. The van der Waals surface area contributed by atoms with Gasteiger partial charge in [-0.05, 0) is 12.6 Å². The second-order valence-corrected chi connectivity index (χ2v) is 6.42. The lowest BCUT2D eigenvalue weighted by Gasteiger charge is -2.25. The van der Waals surface area contributed by atoms with Gasteiger partial charge in [-0.1, -0.05) is 60.7 Å². The lowest BCUT2D eigenvalue weighted by Crippen LogP contribution is -2.37. The molecule has 0 aliphatic carbocycles. The first-order chi connectivity index (χ1) is 13.3. The molecule has 1 aliphatic rings. The van der Waals surface area contributed by atoms with Crippen molar-refractivity contribution in [1.29, 1.82) is 0 Å². The second kappa shape index (κ2) is 7.73. The molecule has 27 heavy (non-hydrogen) atoms. The molecule has 6 nitrogen and oxygen atoms in total. The monoisotopic (exact) mass is 362 g/mol. The molecule has 1 atom stereocenters. The van der Waals surface area contributed by atoms with Crippen LogP contribution in [0, 0.1) is 0 Å². The van der Waals surface area contributed by atoms with Crippen molar-refractivity contribution in [2.24, 2.45) is 0 Å². The molecule has 0 fully saturated rings. The van der Waals surface area contributed by atoms with Gasteiger partial charge in [0, 0.05) is 12.1 Å². The van der Waals surface area contributed by atoms with Crippen molar-refractivity contribution in [3.8, 4) is 22.4 Å². The number of hydrogen-bond donors (Lipinski definition) is 2. The van der Waals surface area contributed by atoms with Gasteiger partial charge in [0.25, 0.3) is 5.91 Å². The fourth-order valence-corrected chi connectivity index (χ4v) is 3.26. The molecule has 6 heteroatoms. The smallest absolute Gasteiger partial charge is 0.253 e. The van der Waals surface area contributed by atoms with Crippen LogP contribution in [0.15, 0.2) is 60.7 Å². The number of carbonyl (C=O) groups excluding carboxylic acids is 1. The molecule has 0 saturated heterocycles. The predicted molar refractivity (Wildman–Crippen MR) is 106 cm³/mol. The minimum Gasteiger partial charge on any atom is -0.357 e. The molecule has 0 saturated carbocycles. The third-order valence-electron chi connectivity index (χ3n) is 4.56. The Labute approximate surface area is 158 Å². The molecular weight excluding hydrogens is 340 g/mol. The van der Waals surface area contributed by atoms with Crippen LogP contribution in [-0.2, 0) is 4.74 Å². The van der Waals surface area contributed by atoms with Crippen molar-refractivity contribution >= 4 is 11.7 Å². The zero-order valence-corrected chi connectivity index (χ0v) is 15.2. The maximum absolute atomic E-state index is 12.7. The maximum atomic E-state index is 12.7. The summed E-state index contributed by atoms with van der Waals surface area (Å²) in [5.74, 6) is 0.614. The molecule has 0 bridgehead atoms. The van der Waals surface area contributed by atoms with Gasteiger partial charge in [0.15, 0.2) is 0 Å². The van der Waals surface area contributed by atoms with E-state index in [0.29, 0.717) is 12.4 Å². The minimum atomic E-state index is -0.360. The van der Waals surface area contributed by atoms with Crippen molar-refractivity contribution in [2.45, 2.75) is 12.6 Å². The van der Waals surface area contributed by atoms with Crippen molar-refractivity contribution in [3.63, 3.8) is 0 Å². The number of likely N-dealkylation sites (N-methyl/N-ethyl adjacent to an activating group) is 1. The van der Waals surface area contributed by atoms with Crippen molar-refractivity contribution < 1.29 is 9.53 Å². The van der Waals surface area contributed by atoms with Crippen LogP contribution in [0.4, 0.5) is 5.82 Å². The summed E-state index contributed by atoms with van der Waals surface area (Å²) < 4.78 is 7.30. The van der Waals surface area contributed by atoms with Crippen LogP contribution in [0.5, 0.6) is 0 Å². The highest BCUT2D eigenvalue weighted by Crippen LogP contribution is 2.39. The summed E-state index contributed by atoms with van der Waals surface area (Å²) in [4.78, 5) is 12.7. The Kier molecular flexibility index (Phi) is 5.00. The summed E-state index contributed by atoms with van der Waals surface area (Å²) in [5.41, 5.74) is 3.68. The molecule has 0 spiro atoms. The number of nitrogens with one attached hydrogen (secondary N) is 2. The van der Waals surface area contributed by atoms with E-state index < -0.39 is 0 Å². The molecule has 2 aromatic carbocycles. The Morgan fingerprint density at radius 2 is 1.78 bits per heavy atom. The van der Waals surface area contributed by atoms with E-state index in [9.17, 15) is 4.79 Å². The number of carbonyl (C=O) groups is 1. The Bertz CT molecular complexity index is 922. The van der Waals surface area contributed by atoms with Gasteiger partial charge in [0.05, 0.1) is 18.6 Å². The highest BCUT2D eigenvalue weighted by molar-refractivity contribution is 5.96. The van der Waals surface area contributed by atoms with Crippen molar-refractivity contribution in [2.75, 3.05) is 25.5 Å². The van der Waals surface area contributed by atoms with Crippen LogP contribution in [0.1, 0.15) is 11.2 Å². The summed E-state index contributed by atoms with van der Waals surface area (Å²) in [6.07, 6.45) is -0.109. The van der Waals surface area contributed by atoms with E-state index in [1.807, 2.05) is 67.7 Å². The predicted octanol–water partition coefficient (Wildman–Crippen LogP) is 3.24. The Morgan fingerprint density at radius 1 is 1.11 bits per heavy atom. The molecule has 3 aromatic rings. The Balaban J connectivity index is 1.80. The number of hydrogen-bond acceptors (Lipinski definition) is 5. The summed E-state index contributed by atoms with van der Waals surface area (Å²) in [7, 11) is 1.87. The summed E-state index contributed by atoms with van der Waals surface area (Å²) in [5, 5.41) is 11.1. The number of aromatic nitrogens is 2. The van der Waals surface area contributed by atoms with Gasteiger partial charge >= 0.3 is 0 Å².